The SMILES string of the molecule is CN(c1ccc(Br)cc1)c1cn2c(nc(=O)n2C(C)(C)C)s1. The third-order valence-corrected chi connectivity index (χ3v) is 4.97. The average molecular weight is 381 g/mol. The van der Waals surface area contributed by atoms with Crippen LogP contribution in [0.5, 0.6) is 0 Å². The van der Waals surface area contributed by atoms with Gasteiger partial charge >= 0.3 is 5.69 Å². The summed E-state index contributed by atoms with van der Waals surface area (Å²) in [5, 5.41) is 1.03. The summed E-state index contributed by atoms with van der Waals surface area (Å²) in [5.74, 6) is 0. The van der Waals surface area contributed by atoms with Gasteiger partial charge in [-0.15, -0.1) is 0 Å². The fraction of sp³-hybridized carbons (Fsp3) is 0.333. The number of rotatable bonds is 2. The van der Waals surface area contributed by atoms with Crippen LogP contribution in [-0.4, -0.2) is 21.2 Å². The summed E-state index contributed by atoms with van der Waals surface area (Å²) in [4.78, 5) is 19.0. The number of nitrogens with zero attached hydrogens (tertiary/aromatic N) is 4. The number of fused-ring (bicyclic) bond motifs is 1. The third kappa shape index (κ3) is 2.59. The molecule has 5 nitrogen and oxygen atoms in total. The molecule has 0 radical (unpaired) electrons. The summed E-state index contributed by atoms with van der Waals surface area (Å²) >= 11 is 4.94. The number of benzene rings is 1. The highest BCUT2D eigenvalue weighted by Gasteiger charge is 2.22. The minimum absolute atomic E-state index is 0.211. The molecule has 0 aliphatic heterocycles. The third-order valence-electron chi connectivity index (χ3n) is 3.39. The smallest absolute Gasteiger partial charge is 0.335 e. The predicted molar refractivity (Wildman–Crippen MR) is 94.5 cm³/mol. The maximum absolute atomic E-state index is 12.1. The molecule has 0 aliphatic carbocycles. The first-order chi connectivity index (χ1) is 10.3. The lowest BCUT2D eigenvalue weighted by molar-refractivity contribution is 0.329. The van der Waals surface area contributed by atoms with E-state index in [0.717, 1.165) is 15.2 Å². The van der Waals surface area contributed by atoms with Crippen molar-refractivity contribution in [1.29, 1.82) is 0 Å². The Balaban J connectivity index is 2.08. The first-order valence-corrected chi connectivity index (χ1v) is 8.49. The Morgan fingerprint density at radius 2 is 1.86 bits per heavy atom. The topological polar surface area (TPSA) is 42.5 Å². The minimum atomic E-state index is -0.314. The van der Waals surface area contributed by atoms with Gasteiger partial charge in [0.1, 0.15) is 5.00 Å². The van der Waals surface area contributed by atoms with Gasteiger partial charge in [0, 0.05) is 17.2 Å². The van der Waals surface area contributed by atoms with Crippen LogP contribution in [0, 0.1) is 0 Å². The van der Waals surface area contributed by atoms with Gasteiger partial charge in [0.2, 0.25) is 4.96 Å². The normalized spacial score (nSPS) is 12.0. The molecule has 2 aromatic heterocycles. The Bertz CT molecular complexity index is 870. The van der Waals surface area contributed by atoms with E-state index in [2.05, 4.69) is 25.8 Å². The van der Waals surface area contributed by atoms with E-state index < -0.39 is 0 Å². The molecule has 0 fully saturated rings. The van der Waals surface area contributed by atoms with E-state index in [1.54, 1.807) is 4.68 Å². The molecule has 0 saturated carbocycles. The maximum atomic E-state index is 12.1. The lowest BCUT2D eigenvalue weighted by Gasteiger charge is -2.20. The molecule has 0 unspecified atom stereocenters. The van der Waals surface area contributed by atoms with E-state index in [-0.39, 0.29) is 11.2 Å². The zero-order chi connectivity index (χ0) is 16.1. The second-order valence-corrected chi connectivity index (χ2v) is 8.01. The molecule has 0 amide bonds. The van der Waals surface area contributed by atoms with E-state index >= 15 is 0 Å². The van der Waals surface area contributed by atoms with Crippen molar-refractivity contribution >= 4 is 42.9 Å². The standard InChI is InChI=1S/C15H17BrN4OS/c1-15(2,3)20-13(21)17-14-19(20)9-12(22-14)18(4)11-7-5-10(16)6-8-11/h5-9H,1-4H3. The van der Waals surface area contributed by atoms with Crippen LogP contribution in [-0.2, 0) is 5.54 Å². The first kappa shape index (κ1) is 15.3. The van der Waals surface area contributed by atoms with Crippen molar-refractivity contribution in [3.8, 4) is 0 Å². The van der Waals surface area contributed by atoms with Crippen LogP contribution in [0.2, 0.25) is 0 Å². The van der Waals surface area contributed by atoms with Gasteiger partial charge in [0.05, 0.1) is 11.7 Å². The van der Waals surface area contributed by atoms with E-state index in [0.29, 0.717) is 4.96 Å². The Hall–Kier alpha value is -1.60. The van der Waals surface area contributed by atoms with Gasteiger partial charge in [-0.05, 0) is 45.0 Å². The molecule has 3 rings (SSSR count). The van der Waals surface area contributed by atoms with Gasteiger partial charge in [-0.2, -0.15) is 4.98 Å². The van der Waals surface area contributed by atoms with Crippen molar-refractivity contribution < 1.29 is 0 Å². The molecule has 0 N–H and O–H groups in total. The van der Waals surface area contributed by atoms with E-state index in [1.165, 1.54) is 11.3 Å². The number of halogens is 1. The molecule has 0 aliphatic rings. The zero-order valence-electron chi connectivity index (χ0n) is 12.9. The molecule has 0 atom stereocenters. The minimum Gasteiger partial charge on any atom is -0.335 e. The Morgan fingerprint density at radius 3 is 2.45 bits per heavy atom. The summed E-state index contributed by atoms with van der Waals surface area (Å²) in [5.41, 5.74) is 0.555. The highest BCUT2D eigenvalue weighted by Crippen LogP contribution is 2.31. The lowest BCUT2D eigenvalue weighted by Crippen LogP contribution is -2.34. The van der Waals surface area contributed by atoms with Gasteiger partial charge in [-0.1, -0.05) is 27.3 Å². The Kier molecular flexibility index (Phi) is 3.65. The van der Waals surface area contributed by atoms with Crippen molar-refractivity contribution in [2.45, 2.75) is 26.3 Å². The molecule has 0 spiro atoms. The van der Waals surface area contributed by atoms with Gasteiger partial charge in [-0.3, -0.25) is 0 Å². The largest absolute Gasteiger partial charge is 0.365 e. The number of anilines is 2. The number of hydrogen-bond acceptors (Lipinski definition) is 4. The van der Waals surface area contributed by atoms with Crippen LogP contribution in [0.15, 0.2) is 39.7 Å². The quantitative estimate of drug-likeness (QED) is 0.677. The van der Waals surface area contributed by atoms with Gasteiger partial charge in [0.15, 0.2) is 0 Å². The number of aromatic nitrogens is 3. The van der Waals surface area contributed by atoms with Crippen LogP contribution in [0.3, 0.4) is 0 Å². The fourth-order valence-electron chi connectivity index (χ4n) is 2.32. The summed E-state index contributed by atoms with van der Waals surface area (Å²) < 4.78 is 4.57. The van der Waals surface area contributed by atoms with Crippen molar-refractivity contribution in [2.75, 3.05) is 11.9 Å². The molecule has 3 aromatic rings. The van der Waals surface area contributed by atoms with Crippen molar-refractivity contribution in [3.63, 3.8) is 0 Å². The van der Waals surface area contributed by atoms with Crippen molar-refractivity contribution in [2.24, 2.45) is 0 Å². The second kappa shape index (κ2) is 5.24. The number of thiazole rings is 1. The van der Waals surface area contributed by atoms with Crippen LogP contribution in [0.1, 0.15) is 20.8 Å². The molecule has 0 bridgehead atoms. The Morgan fingerprint density at radius 1 is 1.23 bits per heavy atom. The highest BCUT2D eigenvalue weighted by atomic mass is 79.9. The summed E-state index contributed by atoms with van der Waals surface area (Å²) in [6.45, 7) is 5.99. The van der Waals surface area contributed by atoms with Gasteiger partial charge in [-0.25, -0.2) is 14.0 Å². The predicted octanol–water partition coefficient (Wildman–Crippen LogP) is 3.84. The molecule has 7 heteroatoms. The van der Waals surface area contributed by atoms with Gasteiger partial charge < -0.3 is 4.90 Å². The van der Waals surface area contributed by atoms with Gasteiger partial charge in [0.25, 0.3) is 0 Å². The molecular formula is C15H17BrN4OS. The summed E-state index contributed by atoms with van der Waals surface area (Å²) in [6, 6.07) is 8.11. The molecule has 0 saturated heterocycles. The second-order valence-electron chi connectivity index (χ2n) is 6.11. The van der Waals surface area contributed by atoms with E-state index in [4.69, 9.17) is 0 Å². The number of hydrogen-bond donors (Lipinski definition) is 0. The van der Waals surface area contributed by atoms with Crippen molar-refractivity contribution in [1.82, 2.24) is 14.2 Å². The van der Waals surface area contributed by atoms with E-state index in [9.17, 15) is 4.79 Å². The summed E-state index contributed by atoms with van der Waals surface area (Å²) in [6.07, 6.45) is 1.96. The zero-order valence-corrected chi connectivity index (χ0v) is 15.3. The molecule has 2 heterocycles. The van der Waals surface area contributed by atoms with Crippen LogP contribution >= 0.6 is 27.3 Å². The molecular weight excluding hydrogens is 364 g/mol. The maximum Gasteiger partial charge on any atom is 0.365 e. The summed E-state index contributed by atoms with van der Waals surface area (Å²) in [7, 11) is 2.01. The van der Waals surface area contributed by atoms with Crippen molar-refractivity contribution in [3.05, 3.63) is 45.4 Å². The highest BCUT2D eigenvalue weighted by molar-refractivity contribution is 9.10. The monoisotopic (exact) mass is 380 g/mol. The van der Waals surface area contributed by atoms with Crippen LogP contribution in [0.25, 0.3) is 4.96 Å². The molecule has 116 valence electrons. The fourth-order valence-corrected chi connectivity index (χ4v) is 3.52. The van der Waals surface area contributed by atoms with Crippen LogP contribution < -0.4 is 10.6 Å². The Labute approximate surface area is 140 Å². The molecule has 1 aromatic carbocycles. The first-order valence-electron chi connectivity index (χ1n) is 6.88. The van der Waals surface area contributed by atoms with E-state index in [1.807, 2.05) is 62.8 Å². The average Bonchev–Trinajstić information content (AvgIpc) is 2.93. The van der Waals surface area contributed by atoms with Crippen LogP contribution in [0.4, 0.5) is 10.7 Å². The molecule has 22 heavy (non-hydrogen) atoms. The lowest BCUT2D eigenvalue weighted by atomic mass is 10.1.